The Morgan fingerprint density at radius 1 is 1.15 bits per heavy atom. The molecule has 0 aliphatic rings. The number of carbonyl (C=O) groups is 1. The number of aromatic nitrogens is 5. The molecule has 3 heterocycles. The number of nitrogens with zero attached hydrogens (tertiary/aromatic N) is 5. The first-order valence-electron chi connectivity index (χ1n) is 8.75. The van der Waals surface area contributed by atoms with Gasteiger partial charge in [0.1, 0.15) is 0 Å². The number of aryl methyl sites for hydroxylation is 2. The maximum Gasteiger partial charge on any atom is 0.262 e. The van der Waals surface area contributed by atoms with Crippen molar-refractivity contribution in [1.29, 1.82) is 0 Å². The highest BCUT2D eigenvalue weighted by molar-refractivity contribution is 7.99. The lowest BCUT2D eigenvalue weighted by molar-refractivity contribution is 0.101. The van der Waals surface area contributed by atoms with Crippen molar-refractivity contribution in [2.75, 3.05) is 5.75 Å². The van der Waals surface area contributed by atoms with Crippen molar-refractivity contribution in [2.24, 2.45) is 7.05 Å². The molecule has 0 saturated heterocycles. The Labute approximate surface area is 159 Å². The van der Waals surface area contributed by atoms with Gasteiger partial charge in [-0.3, -0.25) is 18.6 Å². The molecule has 4 aromatic rings. The van der Waals surface area contributed by atoms with Gasteiger partial charge >= 0.3 is 0 Å². The molecule has 27 heavy (non-hydrogen) atoms. The monoisotopic (exact) mass is 381 g/mol. The maximum atomic E-state index is 12.8. The van der Waals surface area contributed by atoms with Crippen LogP contribution < -0.4 is 5.56 Å². The average molecular weight is 381 g/mol. The van der Waals surface area contributed by atoms with Crippen molar-refractivity contribution < 1.29 is 4.79 Å². The van der Waals surface area contributed by atoms with Gasteiger partial charge in [0.05, 0.1) is 22.3 Å². The molecule has 0 N–H and O–H groups in total. The molecule has 0 radical (unpaired) electrons. The van der Waals surface area contributed by atoms with Gasteiger partial charge in [-0.1, -0.05) is 30.8 Å². The molecule has 0 bridgehead atoms. The third-order valence-electron chi connectivity index (χ3n) is 4.49. The number of para-hydroxylation sites is 1. The number of hydrogen-bond acceptors (Lipinski definition) is 5. The van der Waals surface area contributed by atoms with Gasteiger partial charge in [-0.25, -0.2) is 0 Å². The van der Waals surface area contributed by atoms with E-state index in [0.717, 1.165) is 11.9 Å². The summed E-state index contributed by atoms with van der Waals surface area (Å²) in [6, 6.07) is 11.1. The van der Waals surface area contributed by atoms with Crippen LogP contribution in [0.5, 0.6) is 0 Å². The van der Waals surface area contributed by atoms with Crippen molar-refractivity contribution in [2.45, 2.75) is 25.0 Å². The van der Waals surface area contributed by atoms with Gasteiger partial charge in [-0.15, -0.1) is 10.2 Å². The van der Waals surface area contributed by atoms with Crippen molar-refractivity contribution in [1.82, 2.24) is 23.7 Å². The number of hydrogen-bond donors (Lipinski definition) is 0. The van der Waals surface area contributed by atoms with E-state index in [2.05, 4.69) is 10.2 Å². The number of rotatable bonds is 6. The van der Waals surface area contributed by atoms with Gasteiger partial charge in [0.2, 0.25) is 5.78 Å². The van der Waals surface area contributed by atoms with Crippen molar-refractivity contribution in [3.05, 3.63) is 58.6 Å². The van der Waals surface area contributed by atoms with Crippen LogP contribution in [0.1, 0.15) is 23.8 Å². The zero-order valence-corrected chi connectivity index (χ0v) is 15.9. The van der Waals surface area contributed by atoms with Crippen LogP contribution in [0, 0.1) is 0 Å². The number of carbonyl (C=O) groups excluding carboxylic acids is 1. The van der Waals surface area contributed by atoms with E-state index in [1.165, 1.54) is 11.8 Å². The van der Waals surface area contributed by atoms with Crippen LogP contribution in [-0.4, -0.2) is 35.3 Å². The van der Waals surface area contributed by atoms with E-state index in [4.69, 9.17) is 0 Å². The Morgan fingerprint density at radius 2 is 1.96 bits per heavy atom. The molecule has 0 atom stereocenters. The molecule has 8 heteroatoms. The van der Waals surface area contributed by atoms with Crippen LogP contribution in [-0.2, 0) is 13.6 Å². The summed E-state index contributed by atoms with van der Waals surface area (Å²) in [6.45, 7) is 2.58. The molecule has 0 aliphatic carbocycles. The summed E-state index contributed by atoms with van der Waals surface area (Å²) >= 11 is 1.33. The summed E-state index contributed by atoms with van der Waals surface area (Å²) in [7, 11) is 1.85. The third-order valence-corrected chi connectivity index (χ3v) is 5.42. The Kier molecular flexibility index (Phi) is 4.57. The molecule has 7 nitrogen and oxygen atoms in total. The fourth-order valence-corrected chi connectivity index (χ4v) is 4.02. The van der Waals surface area contributed by atoms with E-state index < -0.39 is 0 Å². The van der Waals surface area contributed by atoms with Crippen LogP contribution in [0.3, 0.4) is 0 Å². The summed E-state index contributed by atoms with van der Waals surface area (Å²) < 4.78 is 5.33. The Hall–Kier alpha value is -2.87. The standard InChI is InChI=1S/C19H19N5O2S/c1-3-10-23-17(26)13-7-4-5-8-14(13)24-18(23)20-21-19(24)27-12-16(25)15-9-6-11-22(15)2/h4-9,11H,3,10,12H2,1-2H3. The molecule has 0 amide bonds. The van der Waals surface area contributed by atoms with Gasteiger partial charge in [0.25, 0.3) is 5.56 Å². The highest BCUT2D eigenvalue weighted by atomic mass is 32.2. The molecule has 3 aromatic heterocycles. The quantitative estimate of drug-likeness (QED) is 0.379. The Bertz CT molecular complexity index is 1200. The van der Waals surface area contributed by atoms with E-state index in [-0.39, 0.29) is 17.1 Å². The molecule has 0 saturated carbocycles. The van der Waals surface area contributed by atoms with Crippen LogP contribution in [0.25, 0.3) is 16.7 Å². The molecule has 1 aromatic carbocycles. The number of Topliss-reactive ketones (excluding diaryl/α,β-unsaturated/α-hetero) is 1. The lowest BCUT2D eigenvalue weighted by Gasteiger charge is -2.10. The minimum absolute atomic E-state index is 0.0236. The third kappa shape index (κ3) is 2.95. The number of thioether (sulfide) groups is 1. The SMILES string of the molecule is CCCn1c(=O)c2ccccc2n2c(SCC(=O)c3cccn3C)nnc12. The second kappa shape index (κ2) is 7.03. The Balaban J connectivity index is 1.79. The maximum absolute atomic E-state index is 12.8. The van der Waals surface area contributed by atoms with Gasteiger partial charge in [0, 0.05) is 19.8 Å². The second-order valence-corrected chi connectivity index (χ2v) is 7.25. The van der Waals surface area contributed by atoms with E-state index in [1.54, 1.807) is 15.2 Å². The van der Waals surface area contributed by atoms with Gasteiger partial charge < -0.3 is 4.57 Å². The summed E-state index contributed by atoms with van der Waals surface area (Å²) in [5, 5.41) is 9.73. The van der Waals surface area contributed by atoms with Crippen molar-refractivity contribution >= 4 is 34.2 Å². The predicted molar refractivity (Wildman–Crippen MR) is 106 cm³/mol. The van der Waals surface area contributed by atoms with E-state index in [1.807, 2.05) is 54.9 Å². The topological polar surface area (TPSA) is 74.2 Å². The number of ketones is 1. The Morgan fingerprint density at radius 3 is 2.70 bits per heavy atom. The molecule has 0 aliphatic heterocycles. The summed E-state index contributed by atoms with van der Waals surface area (Å²) in [4.78, 5) is 25.3. The van der Waals surface area contributed by atoms with E-state index in [9.17, 15) is 9.59 Å². The normalized spacial score (nSPS) is 11.5. The highest BCUT2D eigenvalue weighted by Crippen LogP contribution is 2.22. The van der Waals surface area contributed by atoms with Crippen LogP contribution in [0.15, 0.2) is 52.5 Å². The highest BCUT2D eigenvalue weighted by Gasteiger charge is 2.18. The fourth-order valence-electron chi connectivity index (χ4n) is 3.21. The first-order chi connectivity index (χ1) is 13.1. The molecular formula is C19H19N5O2S. The van der Waals surface area contributed by atoms with Crippen molar-refractivity contribution in [3.8, 4) is 0 Å². The largest absolute Gasteiger partial charge is 0.348 e. The molecule has 0 unspecified atom stereocenters. The zero-order valence-electron chi connectivity index (χ0n) is 15.1. The number of fused-ring (bicyclic) bond motifs is 3. The second-order valence-electron chi connectivity index (χ2n) is 6.31. The summed E-state index contributed by atoms with van der Waals surface area (Å²) in [5.41, 5.74) is 1.34. The molecule has 0 spiro atoms. The van der Waals surface area contributed by atoms with E-state index in [0.29, 0.717) is 28.6 Å². The summed E-state index contributed by atoms with van der Waals surface area (Å²) in [5.74, 6) is 0.782. The first-order valence-corrected chi connectivity index (χ1v) is 9.74. The van der Waals surface area contributed by atoms with Gasteiger partial charge in [0.15, 0.2) is 10.9 Å². The molecular weight excluding hydrogens is 362 g/mol. The fraction of sp³-hybridized carbons (Fsp3) is 0.263. The van der Waals surface area contributed by atoms with Crippen LogP contribution in [0.4, 0.5) is 0 Å². The first kappa shape index (κ1) is 17.5. The minimum Gasteiger partial charge on any atom is -0.348 e. The van der Waals surface area contributed by atoms with Gasteiger partial charge in [-0.2, -0.15) is 0 Å². The molecule has 4 rings (SSSR count). The van der Waals surface area contributed by atoms with Crippen LogP contribution in [0.2, 0.25) is 0 Å². The molecule has 0 fully saturated rings. The zero-order chi connectivity index (χ0) is 19.0. The molecule has 138 valence electrons. The predicted octanol–water partition coefficient (Wildman–Crippen LogP) is 2.77. The van der Waals surface area contributed by atoms with Gasteiger partial charge in [-0.05, 0) is 30.7 Å². The average Bonchev–Trinajstić information content (AvgIpc) is 3.29. The summed E-state index contributed by atoms with van der Waals surface area (Å²) in [6.07, 6.45) is 2.66. The lowest BCUT2D eigenvalue weighted by Crippen LogP contribution is -2.23. The number of benzene rings is 1. The minimum atomic E-state index is -0.0659. The van der Waals surface area contributed by atoms with Crippen LogP contribution >= 0.6 is 11.8 Å². The lowest BCUT2D eigenvalue weighted by atomic mass is 10.2. The van der Waals surface area contributed by atoms with Crippen molar-refractivity contribution in [3.63, 3.8) is 0 Å². The van der Waals surface area contributed by atoms with E-state index >= 15 is 0 Å². The smallest absolute Gasteiger partial charge is 0.262 e.